The summed E-state index contributed by atoms with van der Waals surface area (Å²) in [6.45, 7) is 12.0. The number of nitrogens with one attached hydrogen (secondary N) is 1. The topological polar surface area (TPSA) is 32.3 Å². The normalized spacial score (nSPS) is 17.8. The summed E-state index contributed by atoms with van der Waals surface area (Å²) in [4.78, 5) is 0. The molecule has 15 heavy (non-hydrogen) atoms. The second kappa shape index (κ2) is 8.12. The van der Waals surface area contributed by atoms with Crippen molar-refractivity contribution in [2.75, 3.05) is 6.54 Å². The summed E-state index contributed by atoms with van der Waals surface area (Å²) in [7, 11) is 0. The SMILES string of the molecule is CCCCNC(O)C(C)C[C@H](C)C(C)C. The Hall–Kier alpha value is -0.0800. The van der Waals surface area contributed by atoms with Gasteiger partial charge in [-0.1, -0.05) is 41.0 Å². The third kappa shape index (κ3) is 6.91. The maximum Gasteiger partial charge on any atom is 0.107 e. The van der Waals surface area contributed by atoms with Crippen LogP contribution >= 0.6 is 0 Å². The maximum absolute atomic E-state index is 9.86. The van der Waals surface area contributed by atoms with E-state index < -0.39 is 0 Å². The van der Waals surface area contributed by atoms with Crippen molar-refractivity contribution in [1.82, 2.24) is 5.32 Å². The molecule has 0 aromatic carbocycles. The quantitative estimate of drug-likeness (QED) is 0.482. The maximum atomic E-state index is 9.86. The van der Waals surface area contributed by atoms with Crippen molar-refractivity contribution in [3.05, 3.63) is 0 Å². The van der Waals surface area contributed by atoms with Crippen LogP contribution in [0.2, 0.25) is 0 Å². The van der Waals surface area contributed by atoms with Gasteiger partial charge >= 0.3 is 0 Å². The zero-order valence-electron chi connectivity index (χ0n) is 11.1. The largest absolute Gasteiger partial charge is 0.378 e. The molecule has 2 nitrogen and oxygen atoms in total. The Morgan fingerprint density at radius 1 is 1.07 bits per heavy atom. The number of hydrogen-bond donors (Lipinski definition) is 2. The first kappa shape index (κ1) is 14.9. The summed E-state index contributed by atoms with van der Waals surface area (Å²) in [6.07, 6.45) is 3.08. The lowest BCUT2D eigenvalue weighted by molar-refractivity contribution is 0.0675. The van der Waals surface area contributed by atoms with Crippen LogP contribution in [0.5, 0.6) is 0 Å². The molecule has 0 heterocycles. The number of aliphatic hydroxyl groups excluding tert-OH is 1. The van der Waals surface area contributed by atoms with Crippen molar-refractivity contribution in [2.24, 2.45) is 17.8 Å². The smallest absolute Gasteiger partial charge is 0.107 e. The Morgan fingerprint density at radius 3 is 2.13 bits per heavy atom. The number of hydrogen-bond acceptors (Lipinski definition) is 2. The van der Waals surface area contributed by atoms with E-state index in [4.69, 9.17) is 0 Å². The lowest BCUT2D eigenvalue weighted by Crippen LogP contribution is -2.36. The van der Waals surface area contributed by atoms with Crippen molar-refractivity contribution >= 4 is 0 Å². The van der Waals surface area contributed by atoms with E-state index in [9.17, 15) is 5.11 Å². The molecule has 0 rings (SSSR count). The van der Waals surface area contributed by atoms with E-state index in [0.29, 0.717) is 17.8 Å². The number of rotatable bonds is 8. The fourth-order valence-electron chi connectivity index (χ4n) is 1.62. The van der Waals surface area contributed by atoms with Gasteiger partial charge in [-0.15, -0.1) is 0 Å². The average Bonchev–Trinajstić information content (AvgIpc) is 2.17. The van der Waals surface area contributed by atoms with Gasteiger partial charge < -0.3 is 5.11 Å². The van der Waals surface area contributed by atoms with E-state index in [2.05, 4.69) is 39.9 Å². The third-order valence-electron chi connectivity index (χ3n) is 3.30. The molecular weight excluding hydrogens is 186 g/mol. The van der Waals surface area contributed by atoms with Gasteiger partial charge in [0, 0.05) is 0 Å². The summed E-state index contributed by atoms with van der Waals surface area (Å²) >= 11 is 0. The minimum Gasteiger partial charge on any atom is -0.378 e. The molecule has 2 unspecified atom stereocenters. The molecule has 0 aliphatic heterocycles. The number of unbranched alkanes of at least 4 members (excludes halogenated alkanes) is 1. The first-order valence-electron chi connectivity index (χ1n) is 6.40. The van der Waals surface area contributed by atoms with Gasteiger partial charge in [0.1, 0.15) is 6.23 Å². The lowest BCUT2D eigenvalue weighted by Gasteiger charge is -2.25. The molecule has 0 aliphatic rings. The molecular formula is C13H29NO. The fourth-order valence-corrected chi connectivity index (χ4v) is 1.62. The van der Waals surface area contributed by atoms with Gasteiger partial charge in [0.05, 0.1) is 0 Å². The highest BCUT2D eigenvalue weighted by atomic mass is 16.3. The van der Waals surface area contributed by atoms with Crippen LogP contribution in [-0.2, 0) is 0 Å². The molecule has 0 saturated heterocycles. The van der Waals surface area contributed by atoms with Crippen LogP contribution in [0.15, 0.2) is 0 Å². The molecule has 0 saturated carbocycles. The minimum absolute atomic E-state index is 0.335. The zero-order chi connectivity index (χ0) is 11.8. The average molecular weight is 215 g/mol. The van der Waals surface area contributed by atoms with Crippen LogP contribution in [0, 0.1) is 17.8 Å². The first-order chi connectivity index (χ1) is 6.99. The van der Waals surface area contributed by atoms with Crippen molar-refractivity contribution in [3.63, 3.8) is 0 Å². The molecule has 0 bridgehead atoms. The third-order valence-corrected chi connectivity index (χ3v) is 3.30. The van der Waals surface area contributed by atoms with Gasteiger partial charge in [0.15, 0.2) is 0 Å². The second-order valence-corrected chi connectivity index (χ2v) is 5.19. The molecule has 3 atom stereocenters. The molecule has 0 aromatic heterocycles. The summed E-state index contributed by atoms with van der Waals surface area (Å²) in [5, 5.41) is 13.0. The standard InChI is InChI=1S/C13H29NO/c1-6-7-8-14-13(15)12(5)9-11(4)10(2)3/h10-15H,6-9H2,1-5H3/t11-,12?,13?/m0/s1. The van der Waals surface area contributed by atoms with Gasteiger partial charge in [0.25, 0.3) is 0 Å². The summed E-state index contributed by atoms with van der Waals surface area (Å²) < 4.78 is 0. The molecule has 2 N–H and O–H groups in total. The Balaban J connectivity index is 3.72. The van der Waals surface area contributed by atoms with Crippen molar-refractivity contribution < 1.29 is 5.11 Å². The van der Waals surface area contributed by atoms with Crippen LogP contribution in [-0.4, -0.2) is 17.9 Å². The Bertz CT molecular complexity index is 147. The molecule has 0 fully saturated rings. The Labute approximate surface area is 95.5 Å². The predicted octanol–water partition coefficient (Wildman–Crippen LogP) is 3.01. The van der Waals surface area contributed by atoms with E-state index in [1.54, 1.807) is 0 Å². The van der Waals surface area contributed by atoms with E-state index >= 15 is 0 Å². The van der Waals surface area contributed by atoms with E-state index in [-0.39, 0.29) is 6.23 Å². The highest BCUT2D eigenvalue weighted by Gasteiger charge is 2.17. The van der Waals surface area contributed by atoms with Crippen molar-refractivity contribution in [3.8, 4) is 0 Å². The molecule has 2 heteroatoms. The van der Waals surface area contributed by atoms with E-state index in [1.807, 2.05) is 0 Å². The highest BCUT2D eigenvalue weighted by molar-refractivity contribution is 4.67. The monoisotopic (exact) mass is 215 g/mol. The molecule has 0 aliphatic carbocycles. The van der Waals surface area contributed by atoms with Gasteiger partial charge in [-0.05, 0) is 37.1 Å². The summed E-state index contributed by atoms with van der Waals surface area (Å²) in [5.74, 6) is 1.73. The molecule has 0 radical (unpaired) electrons. The second-order valence-electron chi connectivity index (χ2n) is 5.19. The predicted molar refractivity (Wildman–Crippen MR) is 66.7 cm³/mol. The molecule has 0 aromatic rings. The lowest BCUT2D eigenvalue weighted by atomic mass is 9.88. The van der Waals surface area contributed by atoms with Gasteiger partial charge in [0.2, 0.25) is 0 Å². The first-order valence-corrected chi connectivity index (χ1v) is 6.40. The van der Waals surface area contributed by atoms with Crippen molar-refractivity contribution in [2.45, 2.75) is 60.1 Å². The molecule has 0 amide bonds. The van der Waals surface area contributed by atoms with E-state index in [1.165, 1.54) is 6.42 Å². The Morgan fingerprint density at radius 2 is 1.67 bits per heavy atom. The van der Waals surface area contributed by atoms with Gasteiger partial charge in [-0.3, -0.25) is 5.32 Å². The zero-order valence-corrected chi connectivity index (χ0v) is 11.1. The fraction of sp³-hybridized carbons (Fsp3) is 1.00. The van der Waals surface area contributed by atoms with Gasteiger partial charge in [-0.25, -0.2) is 0 Å². The minimum atomic E-state index is -0.335. The summed E-state index contributed by atoms with van der Waals surface area (Å²) in [5.41, 5.74) is 0. The van der Waals surface area contributed by atoms with Crippen molar-refractivity contribution in [1.29, 1.82) is 0 Å². The van der Waals surface area contributed by atoms with Crippen LogP contribution in [0.3, 0.4) is 0 Å². The van der Waals surface area contributed by atoms with Gasteiger partial charge in [-0.2, -0.15) is 0 Å². The van der Waals surface area contributed by atoms with Crippen LogP contribution in [0.1, 0.15) is 53.9 Å². The molecule has 92 valence electrons. The molecule has 0 spiro atoms. The summed E-state index contributed by atoms with van der Waals surface area (Å²) in [6, 6.07) is 0. The van der Waals surface area contributed by atoms with Crippen LogP contribution < -0.4 is 5.32 Å². The van der Waals surface area contributed by atoms with Crippen LogP contribution in [0.25, 0.3) is 0 Å². The Kier molecular flexibility index (Phi) is 8.07. The van der Waals surface area contributed by atoms with Crippen LogP contribution in [0.4, 0.5) is 0 Å². The number of aliphatic hydroxyl groups is 1. The van der Waals surface area contributed by atoms with E-state index in [0.717, 1.165) is 19.4 Å². The highest BCUT2D eigenvalue weighted by Crippen LogP contribution is 2.20.